The summed E-state index contributed by atoms with van der Waals surface area (Å²) in [6.07, 6.45) is 0. The van der Waals surface area contributed by atoms with E-state index in [2.05, 4.69) is 16.0 Å². The zero-order valence-corrected chi connectivity index (χ0v) is 12.9. The standard InChI is InChI=1S/C16H15N3O2S/c1-18(10-12-6-8-13(9-7-12)19(20)21)11-16-17-14-4-2-3-5-15(14)22-16/h2-9H,10-11H2,1H3. The van der Waals surface area contributed by atoms with E-state index < -0.39 is 0 Å². The molecular formula is C16H15N3O2S. The van der Waals surface area contributed by atoms with Crippen molar-refractivity contribution in [2.45, 2.75) is 13.1 Å². The van der Waals surface area contributed by atoms with Gasteiger partial charge >= 0.3 is 0 Å². The third kappa shape index (κ3) is 3.29. The Morgan fingerprint density at radius 2 is 1.86 bits per heavy atom. The van der Waals surface area contributed by atoms with Crippen LogP contribution in [0.3, 0.4) is 0 Å². The lowest BCUT2D eigenvalue weighted by Gasteiger charge is -2.14. The quantitative estimate of drug-likeness (QED) is 0.530. The highest BCUT2D eigenvalue weighted by molar-refractivity contribution is 7.18. The van der Waals surface area contributed by atoms with Gasteiger partial charge in [0, 0.05) is 18.7 Å². The molecule has 0 saturated carbocycles. The normalized spacial score (nSPS) is 11.2. The Morgan fingerprint density at radius 3 is 2.55 bits per heavy atom. The Kier molecular flexibility index (Phi) is 4.13. The van der Waals surface area contributed by atoms with Crippen LogP contribution < -0.4 is 0 Å². The van der Waals surface area contributed by atoms with Crippen molar-refractivity contribution in [3.8, 4) is 0 Å². The molecule has 0 aliphatic rings. The predicted octanol–water partition coefficient (Wildman–Crippen LogP) is 3.84. The van der Waals surface area contributed by atoms with Crippen LogP contribution in [0.5, 0.6) is 0 Å². The summed E-state index contributed by atoms with van der Waals surface area (Å²) in [4.78, 5) is 17.0. The first-order valence-corrected chi connectivity index (χ1v) is 7.70. The second-order valence-electron chi connectivity index (χ2n) is 5.17. The largest absolute Gasteiger partial charge is 0.295 e. The minimum absolute atomic E-state index is 0.123. The number of non-ortho nitro benzene ring substituents is 1. The molecule has 112 valence electrons. The Morgan fingerprint density at radius 1 is 1.14 bits per heavy atom. The Hall–Kier alpha value is -2.31. The van der Waals surface area contributed by atoms with Crippen molar-refractivity contribution in [1.29, 1.82) is 0 Å². The molecule has 0 aliphatic heterocycles. The fraction of sp³-hybridized carbons (Fsp3) is 0.188. The zero-order chi connectivity index (χ0) is 15.5. The van der Waals surface area contributed by atoms with Crippen molar-refractivity contribution in [2.75, 3.05) is 7.05 Å². The van der Waals surface area contributed by atoms with Gasteiger partial charge in [-0.1, -0.05) is 24.3 Å². The van der Waals surface area contributed by atoms with Crippen LogP contribution in [-0.2, 0) is 13.1 Å². The van der Waals surface area contributed by atoms with Crippen LogP contribution in [0.1, 0.15) is 10.6 Å². The van der Waals surface area contributed by atoms with E-state index in [4.69, 9.17) is 0 Å². The Bertz CT molecular complexity index is 766. The van der Waals surface area contributed by atoms with Crippen LogP contribution in [0.2, 0.25) is 0 Å². The molecule has 0 amide bonds. The fourth-order valence-corrected chi connectivity index (χ4v) is 3.36. The summed E-state index contributed by atoms with van der Waals surface area (Å²) in [7, 11) is 2.02. The molecule has 0 unspecified atom stereocenters. The smallest absolute Gasteiger partial charge is 0.269 e. The van der Waals surface area contributed by atoms with Gasteiger partial charge in [0.2, 0.25) is 0 Å². The van der Waals surface area contributed by atoms with Crippen LogP contribution >= 0.6 is 11.3 Å². The van der Waals surface area contributed by atoms with Gasteiger partial charge in [0.15, 0.2) is 0 Å². The molecule has 0 spiro atoms. The fourth-order valence-electron chi connectivity index (χ4n) is 2.31. The van der Waals surface area contributed by atoms with Crippen LogP contribution in [0.15, 0.2) is 48.5 Å². The molecule has 3 aromatic rings. The molecule has 22 heavy (non-hydrogen) atoms. The average molecular weight is 313 g/mol. The number of hydrogen-bond acceptors (Lipinski definition) is 5. The number of thiazole rings is 1. The van der Waals surface area contributed by atoms with E-state index in [1.54, 1.807) is 35.6 Å². The molecule has 0 N–H and O–H groups in total. The molecule has 0 aliphatic carbocycles. The van der Waals surface area contributed by atoms with Gasteiger partial charge in [-0.2, -0.15) is 0 Å². The SMILES string of the molecule is CN(Cc1ccc([N+](=O)[O-])cc1)Cc1nc2ccccc2s1. The number of nitro groups is 1. The van der Waals surface area contributed by atoms with E-state index in [1.807, 2.05) is 25.2 Å². The first kappa shape index (κ1) is 14.6. The Balaban J connectivity index is 1.66. The first-order chi connectivity index (χ1) is 10.6. The highest BCUT2D eigenvalue weighted by atomic mass is 32.1. The van der Waals surface area contributed by atoms with Crippen LogP contribution in [0.4, 0.5) is 5.69 Å². The van der Waals surface area contributed by atoms with Crippen LogP contribution in [-0.4, -0.2) is 21.9 Å². The van der Waals surface area contributed by atoms with Crippen molar-refractivity contribution in [2.24, 2.45) is 0 Å². The zero-order valence-electron chi connectivity index (χ0n) is 12.1. The van der Waals surface area contributed by atoms with Gasteiger partial charge in [-0.25, -0.2) is 4.98 Å². The van der Waals surface area contributed by atoms with Crippen LogP contribution in [0.25, 0.3) is 10.2 Å². The highest BCUT2D eigenvalue weighted by Gasteiger charge is 2.08. The lowest BCUT2D eigenvalue weighted by atomic mass is 10.2. The summed E-state index contributed by atoms with van der Waals surface area (Å²) >= 11 is 1.70. The van der Waals surface area contributed by atoms with E-state index in [-0.39, 0.29) is 10.6 Å². The van der Waals surface area contributed by atoms with E-state index >= 15 is 0 Å². The molecule has 0 atom stereocenters. The summed E-state index contributed by atoms with van der Waals surface area (Å²) in [5.41, 5.74) is 2.21. The summed E-state index contributed by atoms with van der Waals surface area (Å²) < 4.78 is 1.20. The van der Waals surface area contributed by atoms with Crippen molar-refractivity contribution >= 4 is 27.2 Å². The molecule has 0 bridgehead atoms. The molecule has 6 heteroatoms. The van der Waals surface area contributed by atoms with Gasteiger partial charge in [-0.05, 0) is 24.7 Å². The third-order valence-electron chi connectivity index (χ3n) is 3.34. The third-order valence-corrected chi connectivity index (χ3v) is 4.36. The maximum Gasteiger partial charge on any atom is 0.269 e. The maximum absolute atomic E-state index is 10.6. The Labute approximate surface area is 132 Å². The minimum atomic E-state index is -0.380. The minimum Gasteiger partial charge on any atom is -0.295 e. The summed E-state index contributed by atoms with van der Waals surface area (Å²) in [5, 5.41) is 11.7. The molecule has 0 fully saturated rings. The summed E-state index contributed by atoms with van der Waals surface area (Å²) in [5.74, 6) is 0. The summed E-state index contributed by atoms with van der Waals surface area (Å²) in [6, 6.07) is 14.8. The van der Waals surface area contributed by atoms with E-state index in [0.717, 1.165) is 29.2 Å². The first-order valence-electron chi connectivity index (χ1n) is 6.88. The highest BCUT2D eigenvalue weighted by Crippen LogP contribution is 2.23. The molecule has 0 radical (unpaired) electrons. The van der Waals surface area contributed by atoms with Gasteiger partial charge in [0.25, 0.3) is 5.69 Å². The van der Waals surface area contributed by atoms with Crippen molar-refractivity contribution < 1.29 is 4.92 Å². The number of para-hydroxylation sites is 1. The number of fused-ring (bicyclic) bond motifs is 1. The van der Waals surface area contributed by atoms with Gasteiger partial charge < -0.3 is 0 Å². The predicted molar refractivity (Wildman–Crippen MR) is 87.9 cm³/mol. The molecule has 2 aromatic carbocycles. The molecular weight excluding hydrogens is 298 g/mol. The lowest BCUT2D eigenvalue weighted by molar-refractivity contribution is -0.384. The number of nitrogens with zero attached hydrogens (tertiary/aromatic N) is 3. The maximum atomic E-state index is 10.6. The second-order valence-corrected chi connectivity index (χ2v) is 6.29. The molecule has 5 nitrogen and oxygen atoms in total. The molecule has 1 aromatic heterocycles. The number of benzene rings is 2. The van der Waals surface area contributed by atoms with Gasteiger partial charge in [0.05, 0.1) is 21.7 Å². The van der Waals surface area contributed by atoms with E-state index in [9.17, 15) is 10.1 Å². The molecule has 3 rings (SSSR count). The van der Waals surface area contributed by atoms with Crippen LogP contribution in [0, 0.1) is 10.1 Å². The van der Waals surface area contributed by atoms with Gasteiger partial charge in [-0.15, -0.1) is 11.3 Å². The lowest BCUT2D eigenvalue weighted by Crippen LogP contribution is -2.17. The van der Waals surface area contributed by atoms with Crippen molar-refractivity contribution in [3.05, 3.63) is 69.2 Å². The van der Waals surface area contributed by atoms with Crippen molar-refractivity contribution in [3.63, 3.8) is 0 Å². The van der Waals surface area contributed by atoms with Gasteiger partial charge in [-0.3, -0.25) is 15.0 Å². The average Bonchev–Trinajstić information content (AvgIpc) is 2.89. The number of hydrogen-bond donors (Lipinski definition) is 0. The van der Waals surface area contributed by atoms with E-state index in [1.165, 1.54) is 4.70 Å². The molecule has 1 heterocycles. The second kappa shape index (κ2) is 6.21. The number of aromatic nitrogens is 1. The monoisotopic (exact) mass is 313 g/mol. The van der Waals surface area contributed by atoms with Crippen molar-refractivity contribution in [1.82, 2.24) is 9.88 Å². The number of rotatable bonds is 5. The topological polar surface area (TPSA) is 59.3 Å². The van der Waals surface area contributed by atoms with Gasteiger partial charge in [0.1, 0.15) is 5.01 Å². The molecule has 0 saturated heterocycles. The summed E-state index contributed by atoms with van der Waals surface area (Å²) in [6.45, 7) is 1.49. The number of nitro benzene ring substituents is 1. The van der Waals surface area contributed by atoms with E-state index in [0.29, 0.717) is 0 Å².